The predicted octanol–water partition coefficient (Wildman–Crippen LogP) is 5.76. The summed E-state index contributed by atoms with van der Waals surface area (Å²) in [5.74, 6) is 0.976. The zero-order valence-corrected chi connectivity index (χ0v) is 15.7. The van der Waals surface area contributed by atoms with Gasteiger partial charge in [0.05, 0.1) is 5.92 Å². The SMILES string of the molecule is CC[C@H](C(=O)N1CCS[C@H]1c1ccc(Cl)cc1Cl)c1ccccc1. The Morgan fingerprint density at radius 2 is 2.00 bits per heavy atom. The van der Waals surface area contributed by atoms with Crippen LogP contribution in [0.2, 0.25) is 10.0 Å². The molecule has 2 aromatic carbocycles. The van der Waals surface area contributed by atoms with Gasteiger partial charge < -0.3 is 4.90 Å². The van der Waals surface area contributed by atoms with Crippen molar-refractivity contribution in [2.75, 3.05) is 12.3 Å². The molecule has 126 valence electrons. The van der Waals surface area contributed by atoms with Gasteiger partial charge in [0.2, 0.25) is 5.91 Å². The zero-order valence-electron chi connectivity index (χ0n) is 13.4. The molecular formula is C19H19Cl2NOS. The molecule has 1 amide bonds. The maximum atomic E-state index is 13.2. The van der Waals surface area contributed by atoms with E-state index in [9.17, 15) is 4.79 Å². The Kier molecular flexibility index (Phi) is 5.75. The molecule has 0 bridgehead atoms. The van der Waals surface area contributed by atoms with Crippen LogP contribution in [0.15, 0.2) is 48.5 Å². The van der Waals surface area contributed by atoms with Crippen molar-refractivity contribution < 1.29 is 4.79 Å². The third kappa shape index (κ3) is 3.58. The normalized spacial score (nSPS) is 18.6. The van der Waals surface area contributed by atoms with Crippen molar-refractivity contribution in [2.24, 2.45) is 0 Å². The first-order chi connectivity index (χ1) is 11.6. The minimum Gasteiger partial charge on any atom is -0.325 e. The zero-order chi connectivity index (χ0) is 17.1. The molecule has 3 rings (SSSR count). The summed E-state index contributed by atoms with van der Waals surface area (Å²) in [6.07, 6.45) is 0.783. The molecule has 0 saturated carbocycles. The summed E-state index contributed by atoms with van der Waals surface area (Å²) in [5.41, 5.74) is 2.03. The van der Waals surface area contributed by atoms with Crippen molar-refractivity contribution in [1.82, 2.24) is 4.90 Å². The summed E-state index contributed by atoms with van der Waals surface area (Å²) in [6.45, 7) is 2.81. The van der Waals surface area contributed by atoms with Gasteiger partial charge in [-0.1, -0.05) is 66.5 Å². The monoisotopic (exact) mass is 379 g/mol. The third-order valence-electron chi connectivity index (χ3n) is 4.31. The van der Waals surface area contributed by atoms with Gasteiger partial charge in [-0.3, -0.25) is 4.79 Å². The van der Waals surface area contributed by atoms with E-state index in [2.05, 4.69) is 6.92 Å². The maximum Gasteiger partial charge on any atom is 0.231 e. The summed E-state index contributed by atoms with van der Waals surface area (Å²) in [4.78, 5) is 15.1. The van der Waals surface area contributed by atoms with Crippen molar-refractivity contribution in [3.63, 3.8) is 0 Å². The summed E-state index contributed by atoms with van der Waals surface area (Å²) in [5, 5.41) is 1.19. The van der Waals surface area contributed by atoms with Crippen molar-refractivity contribution in [2.45, 2.75) is 24.6 Å². The van der Waals surface area contributed by atoms with Crippen molar-refractivity contribution in [1.29, 1.82) is 0 Å². The number of halogens is 2. The Morgan fingerprint density at radius 1 is 1.25 bits per heavy atom. The molecule has 1 aliphatic rings. The fraction of sp³-hybridized carbons (Fsp3) is 0.316. The smallest absolute Gasteiger partial charge is 0.231 e. The molecular weight excluding hydrogens is 361 g/mol. The molecule has 0 aromatic heterocycles. The molecule has 0 radical (unpaired) electrons. The Labute approximate surface area is 157 Å². The molecule has 0 aliphatic carbocycles. The van der Waals surface area contributed by atoms with Crippen LogP contribution in [0.25, 0.3) is 0 Å². The molecule has 0 unspecified atom stereocenters. The van der Waals surface area contributed by atoms with E-state index in [4.69, 9.17) is 23.2 Å². The lowest BCUT2D eigenvalue weighted by molar-refractivity contribution is -0.133. The Morgan fingerprint density at radius 3 is 2.67 bits per heavy atom. The van der Waals surface area contributed by atoms with Crippen LogP contribution in [0.5, 0.6) is 0 Å². The second kappa shape index (κ2) is 7.81. The highest BCUT2D eigenvalue weighted by molar-refractivity contribution is 7.99. The number of amides is 1. The fourth-order valence-electron chi connectivity index (χ4n) is 3.09. The van der Waals surface area contributed by atoms with Crippen molar-refractivity contribution >= 4 is 40.9 Å². The Hall–Kier alpha value is -1.16. The van der Waals surface area contributed by atoms with Gasteiger partial charge in [-0.25, -0.2) is 0 Å². The first-order valence-corrected chi connectivity index (χ1v) is 9.84. The lowest BCUT2D eigenvalue weighted by Gasteiger charge is -2.28. The molecule has 1 heterocycles. The van der Waals surface area contributed by atoms with Crippen molar-refractivity contribution in [3.05, 3.63) is 69.7 Å². The van der Waals surface area contributed by atoms with E-state index in [-0.39, 0.29) is 17.2 Å². The van der Waals surface area contributed by atoms with E-state index in [0.29, 0.717) is 10.0 Å². The molecule has 2 nitrogen and oxygen atoms in total. The van der Waals surface area contributed by atoms with E-state index < -0.39 is 0 Å². The lowest BCUT2D eigenvalue weighted by Crippen LogP contribution is -2.34. The van der Waals surface area contributed by atoms with Crippen LogP contribution in [-0.4, -0.2) is 23.1 Å². The highest BCUT2D eigenvalue weighted by Gasteiger charge is 2.35. The molecule has 0 N–H and O–H groups in total. The number of carbonyl (C=O) groups is 1. The van der Waals surface area contributed by atoms with E-state index >= 15 is 0 Å². The quantitative estimate of drug-likeness (QED) is 0.672. The van der Waals surface area contributed by atoms with Gasteiger partial charge in [-0.2, -0.15) is 0 Å². The molecule has 24 heavy (non-hydrogen) atoms. The van der Waals surface area contributed by atoms with Crippen LogP contribution in [0.4, 0.5) is 0 Å². The summed E-state index contributed by atoms with van der Waals surface area (Å²) in [6, 6.07) is 15.5. The maximum absolute atomic E-state index is 13.2. The van der Waals surface area contributed by atoms with E-state index in [1.807, 2.05) is 47.4 Å². The molecule has 1 saturated heterocycles. The molecule has 2 atom stereocenters. The van der Waals surface area contributed by atoms with Gasteiger partial charge in [0.1, 0.15) is 5.37 Å². The average Bonchev–Trinajstić information content (AvgIpc) is 3.06. The first-order valence-electron chi connectivity index (χ1n) is 8.03. The number of rotatable bonds is 4. The van der Waals surface area contributed by atoms with Gasteiger partial charge >= 0.3 is 0 Å². The molecule has 0 spiro atoms. The van der Waals surface area contributed by atoms with Crippen LogP contribution < -0.4 is 0 Å². The Bertz CT molecular complexity index is 723. The van der Waals surface area contributed by atoms with E-state index in [1.165, 1.54) is 0 Å². The van der Waals surface area contributed by atoms with Gasteiger partial charge in [0.25, 0.3) is 0 Å². The van der Waals surface area contributed by atoms with Crippen LogP contribution in [0.1, 0.15) is 35.8 Å². The minimum atomic E-state index is -0.113. The molecule has 5 heteroatoms. The van der Waals surface area contributed by atoms with E-state index in [0.717, 1.165) is 29.8 Å². The predicted molar refractivity (Wildman–Crippen MR) is 103 cm³/mol. The molecule has 1 fully saturated rings. The standard InChI is InChI=1S/C19H19Cl2NOS/c1-2-15(13-6-4-3-5-7-13)18(23)22-10-11-24-19(22)16-9-8-14(20)12-17(16)21/h3-9,12,15,19H,2,10-11H2,1H3/t15-,19-/m0/s1. The largest absolute Gasteiger partial charge is 0.325 e. The topological polar surface area (TPSA) is 20.3 Å². The average molecular weight is 380 g/mol. The number of hydrogen-bond donors (Lipinski definition) is 0. The summed E-state index contributed by atoms with van der Waals surface area (Å²) < 4.78 is 0. The van der Waals surface area contributed by atoms with Crippen LogP contribution in [0, 0.1) is 0 Å². The van der Waals surface area contributed by atoms with Gasteiger partial charge in [-0.15, -0.1) is 11.8 Å². The minimum absolute atomic E-state index is 0.0416. The molecule has 2 aromatic rings. The fourth-order valence-corrected chi connectivity index (χ4v) is 4.97. The second-order valence-corrected chi connectivity index (χ2v) is 7.82. The second-order valence-electron chi connectivity index (χ2n) is 5.79. The van der Waals surface area contributed by atoms with E-state index in [1.54, 1.807) is 17.8 Å². The summed E-state index contributed by atoms with van der Waals surface area (Å²) in [7, 11) is 0. The Balaban J connectivity index is 1.88. The molecule has 1 aliphatic heterocycles. The number of thioether (sulfide) groups is 1. The van der Waals surface area contributed by atoms with Gasteiger partial charge in [0.15, 0.2) is 0 Å². The number of nitrogens with zero attached hydrogens (tertiary/aromatic N) is 1. The third-order valence-corrected chi connectivity index (χ3v) is 6.12. The van der Waals surface area contributed by atoms with Crippen LogP contribution in [0.3, 0.4) is 0 Å². The van der Waals surface area contributed by atoms with Crippen LogP contribution >= 0.6 is 35.0 Å². The lowest BCUT2D eigenvalue weighted by atomic mass is 9.95. The van der Waals surface area contributed by atoms with Crippen molar-refractivity contribution in [3.8, 4) is 0 Å². The number of carbonyl (C=O) groups excluding carboxylic acids is 1. The first kappa shape index (κ1) is 17.7. The highest BCUT2D eigenvalue weighted by Crippen LogP contribution is 2.43. The number of benzene rings is 2. The van der Waals surface area contributed by atoms with Gasteiger partial charge in [0, 0.05) is 27.9 Å². The van der Waals surface area contributed by atoms with Crippen LogP contribution in [-0.2, 0) is 4.79 Å². The van der Waals surface area contributed by atoms with Gasteiger partial charge in [-0.05, 0) is 24.1 Å². The summed E-state index contributed by atoms with van der Waals surface area (Å²) >= 11 is 14.1. The number of hydrogen-bond acceptors (Lipinski definition) is 2. The highest BCUT2D eigenvalue weighted by atomic mass is 35.5.